The fraction of sp³-hybridized carbons (Fsp3) is 0.933. The third-order valence-electron chi connectivity index (χ3n) is 4.10. The Kier molecular flexibility index (Phi) is 7.33. The second-order valence-electron chi connectivity index (χ2n) is 5.89. The van der Waals surface area contributed by atoms with Gasteiger partial charge in [-0.15, -0.1) is 0 Å². The van der Waals surface area contributed by atoms with Crippen molar-refractivity contribution in [2.45, 2.75) is 58.8 Å². The lowest BCUT2D eigenvalue weighted by atomic mass is 9.94. The van der Waals surface area contributed by atoms with Crippen LogP contribution in [0.4, 0.5) is 0 Å². The predicted octanol–water partition coefficient (Wildman–Crippen LogP) is 2.69. The molecule has 1 aliphatic carbocycles. The van der Waals surface area contributed by atoms with E-state index in [9.17, 15) is 4.79 Å². The maximum atomic E-state index is 11.8. The van der Waals surface area contributed by atoms with E-state index in [0.29, 0.717) is 18.3 Å². The van der Waals surface area contributed by atoms with Crippen LogP contribution < -0.4 is 11.1 Å². The number of rotatable bonds is 10. The van der Waals surface area contributed by atoms with Crippen LogP contribution in [-0.4, -0.2) is 19.0 Å². The van der Waals surface area contributed by atoms with E-state index in [1.165, 1.54) is 25.7 Å². The molecular formula is C15H30N2O. The molecule has 0 aromatic rings. The Bertz CT molecular complexity index is 233. The van der Waals surface area contributed by atoms with Crippen molar-refractivity contribution in [1.29, 1.82) is 0 Å². The van der Waals surface area contributed by atoms with Gasteiger partial charge in [0.2, 0.25) is 5.91 Å². The number of nitrogens with two attached hydrogens (primary N) is 1. The van der Waals surface area contributed by atoms with E-state index < -0.39 is 0 Å². The lowest BCUT2D eigenvalue weighted by molar-refractivity contribution is -0.121. The van der Waals surface area contributed by atoms with Gasteiger partial charge in [0.15, 0.2) is 0 Å². The zero-order valence-electron chi connectivity index (χ0n) is 12.1. The van der Waals surface area contributed by atoms with Gasteiger partial charge in [-0.05, 0) is 50.0 Å². The minimum atomic E-state index is 0.223. The van der Waals surface area contributed by atoms with Crippen LogP contribution >= 0.6 is 0 Å². The summed E-state index contributed by atoms with van der Waals surface area (Å²) < 4.78 is 0. The van der Waals surface area contributed by atoms with Gasteiger partial charge >= 0.3 is 0 Å². The molecule has 2 atom stereocenters. The molecule has 0 bridgehead atoms. The quantitative estimate of drug-likeness (QED) is 0.630. The molecule has 0 aromatic heterocycles. The summed E-state index contributed by atoms with van der Waals surface area (Å²) in [6.45, 7) is 6.04. The molecular weight excluding hydrogens is 224 g/mol. The largest absolute Gasteiger partial charge is 0.356 e. The molecule has 106 valence electrons. The second-order valence-corrected chi connectivity index (χ2v) is 5.89. The first kappa shape index (κ1) is 15.5. The predicted molar refractivity (Wildman–Crippen MR) is 76.2 cm³/mol. The molecule has 0 aliphatic heterocycles. The molecule has 1 saturated carbocycles. The van der Waals surface area contributed by atoms with Crippen molar-refractivity contribution in [2.75, 3.05) is 13.1 Å². The third kappa shape index (κ3) is 6.39. The van der Waals surface area contributed by atoms with E-state index in [2.05, 4.69) is 19.2 Å². The molecule has 3 nitrogen and oxygen atoms in total. The summed E-state index contributed by atoms with van der Waals surface area (Å²) in [6, 6.07) is 0. The van der Waals surface area contributed by atoms with Crippen molar-refractivity contribution in [1.82, 2.24) is 5.32 Å². The highest BCUT2D eigenvalue weighted by molar-refractivity contribution is 5.75. The number of hydrogen-bond donors (Lipinski definition) is 2. The molecule has 0 spiro atoms. The van der Waals surface area contributed by atoms with Crippen molar-refractivity contribution in [3.8, 4) is 0 Å². The Balaban J connectivity index is 2.09. The van der Waals surface area contributed by atoms with Crippen LogP contribution in [0.2, 0.25) is 0 Å². The van der Waals surface area contributed by atoms with Crippen LogP contribution in [0, 0.1) is 17.8 Å². The standard InChI is InChI=1S/C15H30N2O/c1-3-4-13(9-10-16)5-8-15(18)17-11-12(2)14-6-7-14/h12-14H,3-11,16H2,1-2H3,(H,17,18). The zero-order valence-corrected chi connectivity index (χ0v) is 12.1. The second kappa shape index (κ2) is 8.52. The first-order valence-electron chi connectivity index (χ1n) is 7.64. The number of amides is 1. The Labute approximate surface area is 112 Å². The van der Waals surface area contributed by atoms with Gasteiger partial charge in [0.05, 0.1) is 0 Å². The fourth-order valence-corrected chi connectivity index (χ4v) is 2.61. The van der Waals surface area contributed by atoms with E-state index in [-0.39, 0.29) is 5.91 Å². The van der Waals surface area contributed by atoms with Gasteiger partial charge in [0, 0.05) is 13.0 Å². The molecule has 2 unspecified atom stereocenters. The Hall–Kier alpha value is -0.570. The normalized spacial score (nSPS) is 18.4. The van der Waals surface area contributed by atoms with Crippen LogP contribution in [-0.2, 0) is 4.79 Å². The van der Waals surface area contributed by atoms with Gasteiger partial charge in [-0.2, -0.15) is 0 Å². The zero-order chi connectivity index (χ0) is 13.4. The van der Waals surface area contributed by atoms with Crippen molar-refractivity contribution >= 4 is 5.91 Å². The molecule has 18 heavy (non-hydrogen) atoms. The molecule has 3 heteroatoms. The van der Waals surface area contributed by atoms with E-state index in [1.807, 2.05) is 0 Å². The van der Waals surface area contributed by atoms with Crippen LogP contribution in [0.15, 0.2) is 0 Å². The highest BCUT2D eigenvalue weighted by Crippen LogP contribution is 2.36. The van der Waals surface area contributed by atoms with Crippen LogP contribution in [0.25, 0.3) is 0 Å². The van der Waals surface area contributed by atoms with Gasteiger partial charge in [-0.3, -0.25) is 4.79 Å². The van der Waals surface area contributed by atoms with Crippen molar-refractivity contribution in [3.05, 3.63) is 0 Å². The number of hydrogen-bond acceptors (Lipinski definition) is 2. The van der Waals surface area contributed by atoms with Gasteiger partial charge in [-0.25, -0.2) is 0 Å². The molecule has 1 rings (SSSR count). The monoisotopic (exact) mass is 254 g/mol. The summed E-state index contributed by atoms with van der Waals surface area (Å²) in [5, 5.41) is 3.07. The minimum Gasteiger partial charge on any atom is -0.356 e. The van der Waals surface area contributed by atoms with Gasteiger partial charge in [0.25, 0.3) is 0 Å². The van der Waals surface area contributed by atoms with Crippen molar-refractivity contribution in [2.24, 2.45) is 23.5 Å². The first-order chi connectivity index (χ1) is 8.67. The average Bonchev–Trinajstić information content (AvgIpc) is 3.17. The van der Waals surface area contributed by atoms with Crippen LogP contribution in [0.5, 0.6) is 0 Å². The smallest absolute Gasteiger partial charge is 0.220 e. The maximum absolute atomic E-state index is 11.8. The summed E-state index contributed by atoms with van der Waals surface area (Å²) >= 11 is 0. The topological polar surface area (TPSA) is 55.1 Å². The molecule has 0 aromatic carbocycles. The van der Waals surface area contributed by atoms with Crippen molar-refractivity contribution in [3.63, 3.8) is 0 Å². The van der Waals surface area contributed by atoms with Crippen LogP contribution in [0.3, 0.4) is 0 Å². The molecule has 3 N–H and O–H groups in total. The molecule has 0 heterocycles. The average molecular weight is 254 g/mol. The van der Waals surface area contributed by atoms with Gasteiger partial charge < -0.3 is 11.1 Å². The number of carbonyl (C=O) groups excluding carboxylic acids is 1. The maximum Gasteiger partial charge on any atom is 0.220 e. The number of carbonyl (C=O) groups is 1. The van der Waals surface area contributed by atoms with E-state index in [4.69, 9.17) is 5.73 Å². The highest BCUT2D eigenvalue weighted by atomic mass is 16.1. The van der Waals surface area contributed by atoms with E-state index in [1.54, 1.807) is 0 Å². The molecule has 1 fully saturated rings. The van der Waals surface area contributed by atoms with E-state index >= 15 is 0 Å². The summed E-state index contributed by atoms with van der Waals surface area (Å²) in [5.41, 5.74) is 5.60. The first-order valence-corrected chi connectivity index (χ1v) is 7.64. The molecule has 1 aliphatic rings. The Morgan fingerprint density at radius 1 is 1.33 bits per heavy atom. The SMILES string of the molecule is CCCC(CCN)CCC(=O)NCC(C)C1CC1. The Morgan fingerprint density at radius 2 is 2.06 bits per heavy atom. The highest BCUT2D eigenvalue weighted by Gasteiger charge is 2.27. The van der Waals surface area contributed by atoms with E-state index in [0.717, 1.165) is 31.8 Å². The molecule has 0 saturated heterocycles. The molecule has 1 amide bonds. The lowest BCUT2D eigenvalue weighted by Crippen LogP contribution is -2.29. The fourth-order valence-electron chi connectivity index (χ4n) is 2.61. The minimum absolute atomic E-state index is 0.223. The van der Waals surface area contributed by atoms with Gasteiger partial charge in [-0.1, -0.05) is 26.7 Å². The summed E-state index contributed by atoms with van der Waals surface area (Å²) in [4.78, 5) is 11.8. The summed E-state index contributed by atoms with van der Waals surface area (Å²) in [5.74, 6) is 2.38. The van der Waals surface area contributed by atoms with Crippen molar-refractivity contribution < 1.29 is 4.79 Å². The lowest BCUT2D eigenvalue weighted by Gasteiger charge is -2.15. The number of nitrogens with one attached hydrogen (secondary N) is 1. The summed E-state index contributed by atoms with van der Waals surface area (Å²) in [7, 11) is 0. The van der Waals surface area contributed by atoms with Gasteiger partial charge in [0.1, 0.15) is 0 Å². The summed E-state index contributed by atoms with van der Waals surface area (Å²) in [6.07, 6.45) is 7.81. The molecule has 0 radical (unpaired) electrons. The van der Waals surface area contributed by atoms with Crippen LogP contribution in [0.1, 0.15) is 58.8 Å². The third-order valence-corrected chi connectivity index (χ3v) is 4.10. The Morgan fingerprint density at radius 3 is 2.61 bits per heavy atom.